The van der Waals surface area contributed by atoms with Crippen LogP contribution in [0, 0.1) is 0 Å². The van der Waals surface area contributed by atoms with Crippen LogP contribution in [0.5, 0.6) is 0 Å². The molecule has 1 N–H and O–H groups in total. The Morgan fingerprint density at radius 3 is 3.00 bits per heavy atom. The van der Waals surface area contributed by atoms with Crippen LogP contribution in [0.25, 0.3) is 10.9 Å². The van der Waals surface area contributed by atoms with Crippen LogP contribution in [0.3, 0.4) is 0 Å². The molecule has 1 unspecified atom stereocenters. The fourth-order valence-corrected chi connectivity index (χ4v) is 3.08. The van der Waals surface area contributed by atoms with Crippen LogP contribution < -0.4 is 5.32 Å². The third kappa shape index (κ3) is 1.67. The summed E-state index contributed by atoms with van der Waals surface area (Å²) in [4.78, 5) is 0. The zero-order valence-electron chi connectivity index (χ0n) is 10.7. The minimum Gasteiger partial charge on any atom is -0.346 e. The van der Waals surface area contributed by atoms with Crippen molar-refractivity contribution in [2.24, 2.45) is 7.05 Å². The maximum atomic E-state index is 3.59. The smallest absolute Gasteiger partial charge is 0.0512 e. The summed E-state index contributed by atoms with van der Waals surface area (Å²) in [6.07, 6.45) is 3.67. The summed E-state index contributed by atoms with van der Waals surface area (Å²) in [5, 5.41) is 4.98. The van der Waals surface area contributed by atoms with Crippen LogP contribution >= 0.6 is 0 Å². The molecule has 0 spiro atoms. The number of benzene rings is 1. The van der Waals surface area contributed by atoms with Gasteiger partial charge in [-0.1, -0.05) is 25.1 Å². The summed E-state index contributed by atoms with van der Waals surface area (Å²) in [5.41, 5.74) is 4.31. The molecule has 1 atom stereocenters. The second-order valence-corrected chi connectivity index (χ2v) is 4.99. The maximum Gasteiger partial charge on any atom is 0.0512 e. The number of rotatable bonds is 2. The van der Waals surface area contributed by atoms with Crippen molar-refractivity contribution in [3.63, 3.8) is 0 Å². The molecule has 3 rings (SSSR count). The van der Waals surface area contributed by atoms with Crippen molar-refractivity contribution in [2.75, 3.05) is 6.54 Å². The second-order valence-electron chi connectivity index (χ2n) is 4.99. The molecular formula is C15H20N2. The Morgan fingerprint density at radius 1 is 1.41 bits per heavy atom. The highest BCUT2D eigenvalue weighted by Crippen LogP contribution is 2.30. The van der Waals surface area contributed by atoms with E-state index in [0.29, 0.717) is 6.04 Å². The third-order valence-corrected chi connectivity index (χ3v) is 3.98. The number of aryl methyl sites for hydroxylation is 2. The minimum absolute atomic E-state index is 0.553. The van der Waals surface area contributed by atoms with E-state index in [-0.39, 0.29) is 0 Å². The average molecular weight is 228 g/mol. The van der Waals surface area contributed by atoms with E-state index in [2.05, 4.69) is 48.1 Å². The van der Waals surface area contributed by atoms with Crippen LogP contribution in [0.4, 0.5) is 0 Å². The zero-order chi connectivity index (χ0) is 11.8. The highest BCUT2D eigenvalue weighted by molar-refractivity contribution is 5.84. The van der Waals surface area contributed by atoms with E-state index >= 15 is 0 Å². The lowest BCUT2D eigenvalue weighted by atomic mass is 10.1. The van der Waals surface area contributed by atoms with Crippen molar-refractivity contribution in [2.45, 2.75) is 32.2 Å². The molecule has 2 nitrogen and oxygen atoms in total. The Balaban J connectivity index is 2.17. The van der Waals surface area contributed by atoms with Crippen molar-refractivity contribution in [3.8, 4) is 0 Å². The molecule has 17 heavy (non-hydrogen) atoms. The molecule has 0 amide bonds. The Hall–Kier alpha value is -1.28. The van der Waals surface area contributed by atoms with E-state index in [4.69, 9.17) is 0 Å². The molecule has 0 aliphatic carbocycles. The van der Waals surface area contributed by atoms with Crippen molar-refractivity contribution in [1.29, 1.82) is 0 Å². The summed E-state index contributed by atoms with van der Waals surface area (Å²) in [7, 11) is 2.21. The number of aromatic nitrogens is 1. The van der Waals surface area contributed by atoms with Crippen molar-refractivity contribution in [1.82, 2.24) is 9.88 Å². The fraction of sp³-hybridized carbons (Fsp3) is 0.467. The van der Waals surface area contributed by atoms with Gasteiger partial charge in [0.15, 0.2) is 0 Å². The van der Waals surface area contributed by atoms with E-state index < -0.39 is 0 Å². The first kappa shape index (κ1) is 10.8. The first-order chi connectivity index (χ1) is 8.31. The summed E-state index contributed by atoms with van der Waals surface area (Å²) in [5.74, 6) is 0. The molecule has 2 heteroatoms. The van der Waals surface area contributed by atoms with Gasteiger partial charge in [0.25, 0.3) is 0 Å². The highest BCUT2D eigenvalue weighted by Gasteiger charge is 2.20. The van der Waals surface area contributed by atoms with Crippen molar-refractivity contribution in [3.05, 3.63) is 35.5 Å². The van der Waals surface area contributed by atoms with Crippen LogP contribution in [0.1, 0.15) is 37.1 Å². The molecule has 1 fully saturated rings. The quantitative estimate of drug-likeness (QED) is 0.835. The predicted molar refractivity (Wildman–Crippen MR) is 72.3 cm³/mol. The van der Waals surface area contributed by atoms with Crippen molar-refractivity contribution < 1.29 is 0 Å². The van der Waals surface area contributed by atoms with Gasteiger partial charge in [0.2, 0.25) is 0 Å². The standard InChI is InChI=1S/C15H20N2/c1-3-11-6-4-7-12-10-14(17(2)15(11)12)13-8-5-9-16-13/h4,6-7,10,13,16H,3,5,8-9H2,1-2H3. The van der Waals surface area contributed by atoms with Gasteiger partial charge in [-0.2, -0.15) is 0 Å². The Kier molecular flexibility index (Phi) is 2.67. The van der Waals surface area contributed by atoms with E-state index in [1.807, 2.05) is 0 Å². The summed E-state index contributed by atoms with van der Waals surface area (Å²) in [6.45, 7) is 3.39. The van der Waals surface area contributed by atoms with Crippen molar-refractivity contribution >= 4 is 10.9 Å². The molecular weight excluding hydrogens is 208 g/mol. The summed E-state index contributed by atoms with van der Waals surface area (Å²) >= 11 is 0. The molecule has 90 valence electrons. The number of nitrogens with zero attached hydrogens (tertiary/aromatic N) is 1. The van der Waals surface area contributed by atoms with Gasteiger partial charge >= 0.3 is 0 Å². The Morgan fingerprint density at radius 2 is 2.29 bits per heavy atom. The zero-order valence-corrected chi connectivity index (χ0v) is 10.7. The van der Waals surface area contributed by atoms with Gasteiger partial charge < -0.3 is 9.88 Å². The molecule has 1 aromatic heterocycles. The topological polar surface area (TPSA) is 17.0 Å². The maximum absolute atomic E-state index is 3.59. The Labute approximate surface area is 103 Å². The molecule has 0 radical (unpaired) electrons. The lowest BCUT2D eigenvalue weighted by molar-refractivity contribution is 0.604. The molecule has 2 aromatic rings. The molecule has 1 aromatic carbocycles. The van der Waals surface area contributed by atoms with Gasteiger partial charge in [0.05, 0.1) is 5.52 Å². The van der Waals surface area contributed by atoms with E-state index in [0.717, 1.165) is 13.0 Å². The highest BCUT2D eigenvalue weighted by atomic mass is 15.0. The van der Waals surface area contributed by atoms with E-state index in [1.165, 1.54) is 35.0 Å². The van der Waals surface area contributed by atoms with Crippen LogP contribution in [-0.2, 0) is 13.5 Å². The second kappa shape index (κ2) is 4.19. The summed E-state index contributed by atoms with van der Waals surface area (Å²) in [6, 6.07) is 9.56. The average Bonchev–Trinajstić information content (AvgIpc) is 2.97. The third-order valence-electron chi connectivity index (χ3n) is 3.98. The number of fused-ring (bicyclic) bond motifs is 1. The molecule has 1 saturated heterocycles. The monoisotopic (exact) mass is 228 g/mol. The van der Waals surface area contributed by atoms with Gasteiger partial charge in [-0.3, -0.25) is 0 Å². The van der Waals surface area contributed by atoms with Crippen LogP contribution in [-0.4, -0.2) is 11.1 Å². The van der Waals surface area contributed by atoms with Gasteiger partial charge in [0.1, 0.15) is 0 Å². The lowest BCUT2D eigenvalue weighted by Crippen LogP contribution is -2.15. The van der Waals surface area contributed by atoms with E-state index in [1.54, 1.807) is 0 Å². The molecule has 2 heterocycles. The fourth-order valence-electron chi connectivity index (χ4n) is 3.08. The Bertz CT molecular complexity index is 533. The first-order valence-electron chi connectivity index (χ1n) is 6.62. The first-order valence-corrected chi connectivity index (χ1v) is 6.62. The van der Waals surface area contributed by atoms with Gasteiger partial charge in [0, 0.05) is 24.2 Å². The van der Waals surface area contributed by atoms with Crippen LogP contribution in [0.2, 0.25) is 0 Å². The largest absolute Gasteiger partial charge is 0.346 e. The van der Waals surface area contributed by atoms with Crippen LogP contribution in [0.15, 0.2) is 24.3 Å². The molecule has 1 aliphatic rings. The molecule has 1 aliphatic heterocycles. The van der Waals surface area contributed by atoms with E-state index in [9.17, 15) is 0 Å². The number of hydrogen-bond acceptors (Lipinski definition) is 1. The summed E-state index contributed by atoms with van der Waals surface area (Å²) < 4.78 is 2.39. The SMILES string of the molecule is CCc1cccc2cc(C3CCCN3)n(C)c12. The number of para-hydroxylation sites is 1. The lowest BCUT2D eigenvalue weighted by Gasteiger charge is -2.12. The van der Waals surface area contributed by atoms with Gasteiger partial charge in [-0.15, -0.1) is 0 Å². The number of hydrogen-bond donors (Lipinski definition) is 1. The predicted octanol–water partition coefficient (Wildman–Crippen LogP) is 3.17. The molecule has 0 bridgehead atoms. The number of nitrogens with one attached hydrogen (secondary N) is 1. The molecule has 0 saturated carbocycles. The minimum atomic E-state index is 0.553. The van der Waals surface area contributed by atoms with Gasteiger partial charge in [-0.05, 0) is 37.4 Å². The van der Waals surface area contributed by atoms with Gasteiger partial charge in [-0.25, -0.2) is 0 Å². The normalized spacial score (nSPS) is 20.2.